The summed E-state index contributed by atoms with van der Waals surface area (Å²) in [5.41, 5.74) is 5.07. The Morgan fingerprint density at radius 3 is 1.80 bits per heavy atom. The Labute approximate surface area is 297 Å². The maximum atomic E-state index is 14.7. The van der Waals surface area contributed by atoms with Crippen LogP contribution in [0.25, 0.3) is 43.8 Å². The second-order valence-corrected chi connectivity index (χ2v) is 12.5. The topological polar surface area (TPSA) is 3.24 Å². The molecule has 1 heterocycles. The van der Waals surface area contributed by atoms with Gasteiger partial charge < -0.3 is 0 Å². The lowest BCUT2D eigenvalue weighted by molar-refractivity contribution is 0.255. The first kappa shape index (κ1) is 39.0. The van der Waals surface area contributed by atoms with Gasteiger partial charge in [0.15, 0.2) is 29.1 Å². The molecule has 0 bridgehead atoms. The lowest BCUT2D eigenvalue weighted by Crippen LogP contribution is -2.24. The van der Waals surface area contributed by atoms with Crippen LogP contribution in [0.3, 0.4) is 0 Å². The number of nitrogens with zero attached hydrogens (tertiary/aromatic N) is 1. The zero-order valence-electron chi connectivity index (χ0n) is 29.5. The van der Waals surface area contributed by atoms with E-state index in [1.54, 1.807) is 0 Å². The number of fused-ring (bicyclic) bond motifs is 7. The molecule has 1 aliphatic heterocycles. The summed E-state index contributed by atoms with van der Waals surface area (Å²) in [4.78, 5) is 2.24. The highest BCUT2D eigenvalue weighted by atomic mass is 19.2. The maximum Gasteiger partial charge on any atom is 0.194 e. The summed E-state index contributed by atoms with van der Waals surface area (Å²) in [6.07, 6.45) is 13.5. The van der Waals surface area contributed by atoms with Gasteiger partial charge in [-0.25, -0.2) is 26.3 Å². The Morgan fingerprint density at radius 2 is 1.25 bits per heavy atom. The van der Waals surface area contributed by atoms with Crippen LogP contribution in [0.1, 0.15) is 70.1 Å². The van der Waals surface area contributed by atoms with Gasteiger partial charge in [0.1, 0.15) is 5.83 Å². The van der Waals surface area contributed by atoms with Crippen molar-refractivity contribution in [3.8, 4) is 35.1 Å². The molecule has 7 heteroatoms. The maximum absolute atomic E-state index is 14.7. The normalized spacial score (nSPS) is 13.3. The minimum absolute atomic E-state index is 0.0165. The smallest absolute Gasteiger partial charge is 0.194 e. The number of allylic oxidation sites excluding steroid dienone is 4. The van der Waals surface area contributed by atoms with Gasteiger partial charge in [0, 0.05) is 13.1 Å². The molecule has 0 radical (unpaired) electrons. The first-order chi connectivity index (χ1) is 24.6. The van der Waals surface area contributed by atoms with Crippen molar-refractivity contribution < 1.29 is 26.3 Å². The van der Waals surface area contributed by atoms with E-state index in [0.29, 0.717) is 25.2 Å². The summed E-state index contributed by atoms with van der Waals surface area (Å²) in [5.74, 6) is -8.07. The minimum Gasteiger partial charge on any atom is -0.295 e. The van der Waals surface area contributed by atoms with E-state index in [4.69, 9.17) is 0 Å². The van der Waals surface area contributed by atoms with Gasteiger partial charge in [0.25, 0.3) is 0 Å². The van der Waals surface area contributed by atoms with E-state index < -0.39 is 34.9 Å². The van der Waals surface area contributed by atoms with Crippen LogP contribution in [-0.4, -0.2) is 11.4 Å². The lowest BCUT2D eigenvalue weighted by Gasteiger charge is -2.23. The number of terminal acetylenes is 1. The highest BCUT2D eigenvalue weighted by Gasteiger charge is 2.28. The molecule has 0 spiro atoms. The predicted octanol–water partition coefficient (Wildman–Crippen LogP) is 13.5. The van der Waals surface area contributed by atoms with Gasteiger partial charge in [-0.2, -0.15) is 0 Å². The van der Waals surface area contributed by atoms with E-state index >= 15 is 0 Å². The quantitative estimate of drug-likeness (QED) is 0.0674. The first-order valence-electron chi connectivity index (χ1n) is 17.3. The fourth-order valence-corrected chi connectivity index (χ4v) is 6.40. The predicted molar refractivity (Wildman–Crippen MR) is 200 cm³/mol. The highest BCUT2D eigenvalue weighted by molar-refractivity contribution is 6.10. The third-order valence-electron chi connectivity index (χ3n) is 9.06. The molecule has 266 valence electrons. The van der Waals surface area contributed by atoms with E-state index in [2.05, 4.69) is 38.5 Å². The zero-order valence-corrected chi connectivity index (χ0v) is 29.5. The Balaban J connectivity index is 0.000000909. The number of halogens is 6. The number of hydrogen-bond acceptors (Lipinski definition) is 1. The van der Waals surface area contributed by atoms with Crippen LogP contribution in [0.2, 0.25) is 0 Å². The molecule has 0 aromatic heterocycles. The fraction of sp³-hybridized carbons (Fsp3) is 0.273. The van der Waals surface area contributed by atoms with Crippen molar-refractivity contribution in [2.45, 2.75) is 72.9 Å². The Bertz CT molecular complexity index is 2060. The van der Waals surface area contributed by atoms with E-state index in [0.717, 1.165) is 87.3 Å². The van der Waals surface area contributed by atoms with Gasteiger partial charge in [0.2, 0.25) is 0 Å². The van der Waals surface area contributed by atoms with Crippen LogP contribution in [0.4, 0.5) is 26.3 Å². The standard InChI is InChI=1S/C38H31F6N.C4H10.C2H2/c1-3-4-15-45-20-30-25(13-14-32(40)37(43)22(2)39)16-23-9-5-7-11-27(23)35(30)36-28-12-8-6-10-24(28)17-29(31(36)21-45)26-18-33(41)38(44)34(42)19-26;1-3-4-2;1-2/h5-12,14,16-19H,3-4,13,15,20-21H2,1-2H3;3-4H2,1-2H3;1-2H/b32-14+,37-22-;;. The average molecular weight is 700 g/mol. The average Bonchev–Trinajstić information content (AvgIpc) is 3.32. The SMILES string of the molecule is C#C.CCCC.CCCCN1Cc2c(C/C=C(F)\C(F)=C(/C)F)cc3ccccc3c2-c2c(c(-c3cc(F)c(F)c(F)c3)cc3ccccc23)C1. The summed E-state index contributed by atoms with van der Waals surface area (Å²) in [5, 5.41) is 3.56. The molecule has 0 aliphatic carbocycles. The van der Waals surface area contributed by atoms with Gasteiger partial charge in [-0.3, -0.25) is 4.90 Å². The van der Waals surface area contributed by atoms with Gasteiger partial charge >= 0.3 is 0 Å². The van der Waals surface area contributed by atoms with Crippen LogP contribution in [-0.2, 0) is 19.5 Å². The highest BCUT2D eigenvalue weighted by Crippen LogP contribution is 2.47. The molecule has 0 unspecified atom stereocenters. The Morgan fingerprint density at radius 1 is 0.725 bits per heavy atom. The third-order valence-corrected chi connectivity index (χ3v) is 9.06. The molecule has 5 aromatic rings. The van der Waals surface area contributed by atoms with Crippen molar-refractivity contribution in [1.82, 2.24) is 4.90 Å². The summed E-state index contributed by atoms with van der Waals surface area (Å²) in [6.45, 7) is 8.93. The molecular weight excluding hydrogens is 656 g/mol. The van der Waals surface area contributed by atoms with Crippen LogP contribution in [0.15, 0.2) is 96.4 Å². The van der Waals surface area contributed by atoms with Crippen LogP contribution >= 0.6 is 0 Å². The second kappa shape index (κ2) is 17.9. The van der Waals surface area contributed by atoms with Crippen molar-refractivity contribution >= 4 is 21.5 Å². The van der Waals surface area contributed by atoms with Crippen LogP contribution in [0.5, 0.6) is 0 Å². The van der Waals surface area contributed by atoms with Crippen molar-refractivity contribution in [3.63, 3.8) is 0 Å². The number of rotatable bonds is 8. The summed E-state index contributed by atoms with van der Waals surface area (Å²) >= 11 is 0. The summed E-state index contributed by atoms with van der Waals surface area (Å²) < 4.78 is 85.6. The van der Waals surface area contributed by atoms with Crippen molar-refractivity contribution in [2.75, 3.05) is 6.54 Å². The minimum atomic E-state index is -1.52. The van der Waals surface area contributed by atoms with Crippen LogP contribution in [0, 0.1) is 30.3 Å². The molecule has 0 N–H and O–H groups in total. The summed E-state index contributed by atoms with van der Waals surface area (Å²) in [6, 6.07) is 21.4. The molecule has 51 heavy (non-hydrogen) atoms. The summed E-state index contributed by atoms with van der Waals surface area (Å²) in [7, 11) is 0. The molecule has 0 saturated carbocycles. The molecule has 0 fully saturated rings. The molecule has 0 amide bonds. The molecule has 6 rings (SSSR count). The van der Waals surface area contributed by atoms with Crippen molar-refractivity contribution in [2.24, 2.45) is 0 Å². The van der Waals surface area contributed by atoms with Crippen molar-refractivity contribution in [1.29, 1.82) is 0 Å². The van der Waals surface area contributed by atoms with Gasteiger partial charge in [0.05, 0.1) is 0 Å². The van der Waals surface area contributed by atoms with Gasteiger partial charge in [-0.1, -0.05) is 94.6 Å². The third kappa shape index (κ3) is 8.57. The molecule has 5 aromatic carbocycles. The Kier molecular flexibility index (Phi) is 13.7. The lowest BCUT2D eigenvalue weighted by atomic mass is 9.82. The van der Waals surface area contributed by atoms with Gasteiger partial charge in [-0.05, 0) is 111 Å². The first-order valence-corrected chi connectivity index (χ1v) is 17.3. The largest absolute Gasteiger partial charge is 0.295 e. The number of hydrogen-bond donors (Lipinski definition) is 0. The fourth-order valence-electron chi connectivity index (χ4n) is 6.40. The van der Waals surface area contributed by atoms with Gasteiger partial charge in [-0.15, -0.1) is 12.8 Å². The van der Waals surface area contributed by atoms with E-state index in [-0.39, 0.29) is 12.0 Å². The number of unbranched alkanes of at least 4 members (excludes halogenated alkanes) is 2. The second-order valence-electron chi connectivity index (χ2n) is 12.5. The molecule has 1 nitrogen and oxygen atoms in total. The number of benzene rings is 5. The zero-order chi connectivity index (χ0) is 37.2. The molecular formula is C44H43F6N. The molecule has 0 atom stereocenters. The molecule has 1 aliphatic rings. The van der Waals surface area contributed by atoms with Crippen molar-refractivity contribution in [3.05, 3.63) is 130 Å². The van der Waals surface area contributed by atoms with Crippen LogP contribution < -0.4 is 0 Å². The molecule has 0 saturated heterocycles. The van der Waals surface area contributed by atoms with E-state index in [1.165, 1.54) is 12.8 Å². The monoisotopic (exact) mass is 699 g/mol. The Hall–Kier alpha value is -4.80. The van der Waals surface area contributed by atoms with E-state index in [9.17, 15) is 26.3 Å². The van der Waals surface area contributed by atoms with E-state index in [1.807, 2.05) is 60.7 Å².